The Morgan fingerprint density at radius 1 is 0.410 bits per heavy atom. The second-order valence-electron chi connectivity index (χ2n) is 9.90. The number of halogens is 1. The summed E-state index contributed by atoms with van der Waals surface area (Å²) in [6.07, 6.45) is 0. The summed E-state index contributed by atoms with van der Waals surface area (Å²) >= 11 is 5.41. The normalized spacial score (nSPS) is 12.1. The molecule has 6 aromatic carbocycles. The second kappa shape index (κ2) is 10.3. The van der Waals surface area contributed by atoms with E-state index in [-0.39, 0.29) is 5.92 Å². The molecule has 1 unspecified atom stereocenters. The molecule has 186 valence electrons. The van der Waals surface area contributed by atoms with Gasteiger partial charge in [-0.15, -0.1) is 11.3 Å². The predicted octanol–water partition coefficient (Wildman–Crippen LogP) is 11.3. The van der Waals surface area contributed by atoms with Crippen LogP contribution in [0.5, 0.6) is 0 Å². The molecule has 0 amide bonds. The number of benzene rings is 6. The van der Waals surface area contributed by atoms with Crippen molar-refractivity contribution in [1.29, 1.82) is 0 Å². The summed E-state index contributed by atoms with van der Waals surface area (Å²) in [6.45, 7) is 0. The van der Waals surface area contributed by atoms with Gasteiger partial charge in [0.25, 0.3) is 0 Å². The van der Waals surface area contributed by atoms with Gasteiger partial charge in [0.1, 0.15) is 0 Å². The topological polar surface area (TPSA) is 0 Å². The Kier molecular flexibility index (Phi) is 6.36. The minimum atomic E-state index is 0.176. The summed E-state index contributed by atoms with van der Waals surface area (Å²) in [5, 5.41) is 2.68. The number of hydrogen-bond acceptors (Lipinski definition) is 1. The highest BCUT2D eigenvalue weighted by Gasteiger charge is 2.18. The fourth-order valence-electron chi connectivity index (χ4n) is 5.51. The first-order valence-corrected chi connectivity index (χ1v) is 14.8. The van der Waals surface area contributed by atoms with Gasteiger partial charge in [-0.1, -0.05) is 137 Å². The molecular formula is C37H25BrS. The summed E-state index contributed by atoms with van der Waals surface area (Å²) in [6, 6.07) is 53.0. The van der Waals surface area contributed by atoms with Crippen molar-refractivity contribution >= 4 is 47.4 Å². The molecule has 0 radical (unpaired) electrons. The SMILES string of the molecule is Brc1ccc(-c2ccc(-c3ccc(C(c4ccccc4)c4ccc5c(c4)sc4ccccc45)cc3)cc2)cc1. The Bertz CT molecular complexity index is 1880. The average molecular weight is 582 g/mol. The van der Waals surface area contributed by atoms with E-state index < -0.39 is 0 Å². The standard InChI is InChI=1S/C37H25BrS/c38-32-21-18-28(19-22-32)26-12-10-25(11-13-26)27-14-16-30(17-15-27)37(29-6-2-1-3-7-29)31-20-23-34-33-8-4-5-9-35(33)39-36(34)24-31/h1-24,37H. The van der Waals surface area contributed by atoms with Crippen LogP contribution in [-0.4, -0.2) is 0 Å². The highest BCUT2D eigenvalue weighted by molar-refractivity contribution is 9.10. The van der Waals surface area contributed by atoms with Crippen molar-refractivity contribution in [2.24, 2.45) is 0 Å². The van der Waals surface area contributed by atoms with E-state index >= 15 is 0 Å². The van der Waals surface area contributed by atoms with Gasteiger partial charge in [0, 0.05) is 30.6 Å². The van der Waals surface area contributed by atoms with Crippen molar-refractivity contribution in [2.45, 2.75) is 5.92 Å². The molecule has 7 aromatic rings. The Balaban J connectivity index is 1.24. The van der Waals surface area contributed by atoms with Crippen LogP contribution >= 0.6 is 27.3 Å². The highest BCUT2D eigenvalue weighted by Crippen LogP contribution is 2.39. The number of hydrogen-bond donors (Lipinski definition) is 0. The minimum absolute atomic E-state index is 0.176. The zero-order valence-corrected chi connectivity index (χ0v) is 23.6. The van der Waals surface area contributed by atoms with Crippen LogP contribution in [0.1, 0.15) is 22.6 Å². The lowest BCUT2D eigenvalue weighted by Crippen LogP contribution is -2.03. The molecule has 0 saturated carbocycles. The van der Waals surface area contributed by atoms with E-state index in [9.17, 15) is 0 Å². The molecule has 0 aliphatic heterocycles. The van der Waals surface area contributed by atoms with Gasteiger partial charge in [0.2, 0.25) is 0 Å². The molecule has 0 N–H and O–H groups in total. The molecule has 0 saturated heterocycles. The summed E-state index contributed by atoms with van der Waals surface area (Å²) in [7, 11) is 0. The molecule has 0 aliphatic carbocycles. The molecule has 2 heteroatoms. The van der Waals surface area contributed by atoms with Crippen molar-refractivity contribution in [3.8, 4) is 22.3 Å². The molecule has 7 rings (SSSR count). The van der Waals surface area contributed by atoms with Crippen molar-refractivity contribution < 1.29 is 0 Å². The van der Waals surface area contributed by atoms with Crippen LogP contribution in [0.15, 0.2) is 150 Å². The summed E-state index contributed by atoms with van der Waals surface area (Å²) in [5.41, 5.74) is 8.84. The van der Waals surface area contributed by atoms with E-state index in [2.05, 4.69) is 162 Å². The van der Waals surface area contributed by atoms with Crippen LogP contribution in [0.4, 0.5) is 0 Å². The number of fused-ring (bicyclic) bond motifs is 3. The van der Waals surface area contributed by atoms with Crippen LogP contribution in [0.25, 0.3) is 42.4 Å². The zero-order chi connectivity index (χ0) is 26.2. The monoisotopic (exact) mass is 580 g/mol. The van der Waals surface area contributed by atoms with Crippen LogP contribution < -0.4 is 0 Å². The largest absolute Gasteiger partial charge is 0.135 e. The van der Waals surface area contributed by atoms with Crippen LogP contribution in [0.3, 0.4) is 0 Å². The first-order valence-electron chi connectivity index (χ1n) is 13.2. The first kappa shape index (κ1) is 24.1. The van der Waals surface area contributed by atoms with Gasteiger partial charge in [-0.3, -0.25) is 0 Å². The van der Waals surface area contributed by atoms with Crippen LogP contribution in [0, 0.1) is 0 Å². The number of thiophene rings is 1. The van der Waals surface area contributed by atoms with E-state index in [0.29, 0.717) is 0 Å². The number of rotatable bonds is 5. The Hall–Kier alpha value is -3.98. The van der Waals surface area contributed by atoms with Crippen LogP contribution in [0.2, 0.25) is 0 Å². The van der Waals surface area contributed by atoms with Crippen molar-refractivity contribution in [3.05, 3.63) is 167 Å². The van der Waals surface area contributed by atoms with E-state index in [1.54, 1.807) is 0 Å². The maximum absolute atomic E-state index is 3.52. The molecular weight excluding hydrogens is 556 g/mol. The highest BCUT2D eigenvalue weighted by atomic mass is 79.9. The van der Waals surface area contributed by atoms with E-state index in [4.69, 9.17) is 0 Å². The summed E-state index contributed by atoms with van der Waals surface area (Å²) in [5.74, 6) is 0.176. The molecule has 39 heavy (non-hydrogen) atoms. The summed E-state index contributed by atoms with van der Waals surface area (Å²) in [4.78, 5) is 0. The molecule has 0 spiro atoms. The lowest BCUT2D eigenvalue weighted by molar-refractivity contribution is 0.981. The minimum Gasteiger partial charge on any atom is -0.135 e. The third kappa shape index (κ3) is 4.71. The average Bonchev–Trinajstić information content (AvgIpc) is 3.37. The maximum Gasteiger partial charge on any atom is 0.0358 e. The van der Waals surface area contributed by atoms with Gasteiger partial charge < -0.3 is 0 Å². The lowest BCUT2D eigenvalue weighted by atomic mass is 9.84. The van der Waals surface area contributed by atoms with E-state index in [1.165, 1.54) is 59.1 Å². The molecule has 1 aromatic heterocycles. The third-order valence-corrected chi connectivity index (χ3v) is 9.17. The Labute approximate surface area is 241 Å². The van der Waals surface area contributed by atoms with Gasteiger partial charge in [-0.25, -0.2) is 0 Å². The molecule has 1 atom stereocenters. The van der Waals surface area contributed by atoms with Crippen molar-refractivity contribution in [1.82, 2.24) is 0 Å². The molecule has 1 heterocycles. The quantitative estimate of drug-likeness (QED) is 0.177. The fourth-order valence-corrected chi connectivity index (χ4v) is 6.93. The van der Waals surface area contributed by atoms with Gasteiger partial charge in [-0.05, 0) is 63.2 Å². The molecule has 0 aliphatic rings. The molecule has 0 fully saturated rings. The smallest absolute Gasteiger partial charge is 0.0358 e. The maximum atomic E-state index is 3.52. The molecule has 0 nitrogen and oxygen atoms in total. The summed E-state index contributed by atoms with van der Waals surface area (Å²) < 4.78 is 3.79. The predicted molar refractivity (Wildman–Crippen MR) is 172 cm³/mol. The van der Waals surface area contributed by atoms with Gasteiger partial charge in [0.15, 0.2) is 0 Å². The van der Waals surface area contributed by atoms with Crippen molar-refractivity contribution in [2.75, 3.05) is 0 Å². The van der Waals surface area contributed by atoms with Gasteiger partial charge >= 0.3 is 0 Å². The Morgan fingerprint density at radius 2 is 0.897 bits per heavy atom. The molecule has 0 bridgehead atoms. The van der Waals surface area contributed by atoms with E-state index in [1.807, 2.05) is 11.3 Å². The van der Waals surface area contributed by atoms with Gasteiger partial charge in [0.05, 0.1) is 0 Å². The van der Waals surface area contributed by atoms with Crippen molar-refractivity contribution in [3.63, 3.8) is 0 Å². The fraction of sp³-hybridized carbons (Fsp3) is 0.0270. The lowest BCUT2D eigenvalue weighted by Gasteiger charge is -2.19. The van der Waals surface area contributed by atoms with Gasteiger partial charge in [-0.2, -0.15) is 0 Å². The first-order chi connectivity index (χ1) is 19.2. The van der Waals surface area contributed by atoms with Crippen LogP contribution in [-0.2, 0) is 0 Å². The Morgan fingerprint density at radius 3 is 1.56 bits per heavy atom. The zero-order valence-electron chi connectivity index (χ0n) is 21.2. The van der Waals surface area contributed by atoms with E-state index in [0.717, 1.165) is 4.47 Å². The third-order valence-electron chi connectivity index (χ3n) is 7.51. The second-order valence-corrected chi connectivity index (χ2v) is 11.9.